The molecule has 4 heterocycles. The number of nitrogens with one attached hydrogen (secondary N) is 1. The molecule has 0 amide bonds. The fourth-order valence-corrected chi connectivity index (χ4v) is 19.1. The second-order valence-corrected chi connectivity index (χ2v) is 41.3. The third-order valence-electron chi connectivity index (χ3n) is 17.8. The zero-order valence-corrected chi connectivity index (χ0v) is 86.2. The van der Waals surface area contributed by atoms with Crippen molar-refractivity contribution >= 4 is 173 Å². The lowest BCUT2D eigenvalue weighted by molar-refractivity contribution is 0.601. The van der Waals surface area contributed by atoms with E-state index < -0.39 is 10.0 Å². The molecule has 680 valence electrons. The first-order valence-corrected chi connectivity index (χ1v) is 53.9. The van der Waals surface area contributed by atoms with Gasteiger partial charge in [0.2, 0.25) is 10.3 Å². The summed E-state index contributed by atoms with van der Waals surface area (Å²) in [6.07, 6.45) is 15.7. The first kappa shape index (κ1) is 113. The van der Waals surface area contributed by atoms with Gasteiger partial charge in [0.05, 0.1) is 4.90 Å². The minimum Gasteiger partial charge on any atom is -0.253 e. The first-order valence-electron chi connectivity index (χ1n) is 43.1. The molecule has 4 atom stereocenters. The molecule has 0 radical (unpaired) electrons. The standard InChI is InChI=1S/C15H19N3S2.C14H19N3O2S3.2C10H14.C9H15N3S3.5C8H8.C6H10N2S3/c1-4-11(3)13-8-6-12(7-9-13)10-16-14-17-18-15(20-14)19-5-2;1-4-10(3)11-6-8-12(9-7-11)22(18,19)17-13-15-16-14(21-13)20-5-2;2*1-3-9(2)10-7-5-4-6-8-10;1-4-13-7-10-8(14-5-2)12-9(11-7)15-6-3;5*1-2-8-6-4-3-5-7-8;1-3-9-5-7-8-6(11-5)10-4-2/h6-11H,4-5H2,1-3H3;6-10H,4-5H2,1-3H3,(H,15,17);2*4-9H,3H2,1-2H3;4-6H2,1-3H3;5*2-7H,1H2;3-4H2,1-2H3. The Hall–Kier alpha value is -8.76. The van der Waals surface area contributed by atoms with E-state index in [4.69, 9.17) is 0 Å². The zero-order valence-electron chi connectivity index (χ0n) is 77.2. The van der Waals surface area contributed by atoms with Gasteiger partial charge in [0, 0.05) is 6.21 Å². The maximum absolute atomic E-state index is 12.3. The number of aliphatic imine (C=N–C) groups is 1. The lowest BCUT2D eigenvalue weighted by Gasteiger charge is -2.10. The Kier molecular flexibility index (Phi) is 63.8. The summed E-state index contributed by atoms with van der Waals surface area (Å²) in [7, 11) is -3.62. The largest absolute Gasteiger partial charge is 0.263 e. The van der Waals surface area contributed by atoms with Crippen LogP contribution in [0.2, 0.25) is 0 Å². The van der Waals surface area contributed by atoms with E-state index in [1.54, 1.807) is 94.0 Å². The van der Waals surface area contributed by atoms with Crippen molar-refractivity contribution in [2.75, 3.05) is 45.0 Å². The van der Waals surface area contributed by atoms with Gasteiger partial charge in [0.15, 0.2) is 32.8 Å². The number of hydrogen-bond acceptors (Lipinski definition) is 22. The molecule has 24 heteroatoms. The molecule has 13 rings (SSSR count). The highest BCUT2D eigenvalue weighted by atomic mass is 32.2. The summed E-state index contributed by atoms with van der Waals surface area (Å²) in [5.74, 6) is 9.47. The molecule has 9 aromatic carbocycles. The highest BCUT2D eigenvalue weighted by Gasteiger charge is 2.18. The van der Waals surface area contributed by atoms with E-state index in [1.165, 1.54) is 91.8 Å². The Morgan fingerprint density at radius 1 is 0.305 bits per heavy atom. The molecule has 0 bridgehead atoms. The third-order valence-corrected chi connectivity index (χ3v) is 28.2. The number of nitrogens with zero attached hydrogens (tertiary/aromatic N) is 10. The van der Waals surface area contributed by atoms with Crippen molar-refractivity contribution in [1.82, 2.24) is 45.5 Å². The van der Waals surface area contributed by atoms with Crippen LogP contribution in [0.5, 0.6) is 0 Å². The summed E-state index contributed by atoms with van der Waals surface area (Å²) >= 11 is 16.2. The zero-order chi connectivity index (χ0) is 93.6. The van der Waals surface area contributed by atoms with E-state index in [-0.39, 0.29) is 4.90 Å². The fourth-order valence-electron chi connectivity index (χ4n) is 9.97. The highest BCUT2D eigenvalue weighted by Crippen LogP contribution is 2.32. The van der Waals surface area contributed by atoms with Crippen LogP contribution in [0, 0.1) is 0 Å². The number of anilines is 1. The summed E-state index contributed by atoms with van der Waals surface area (Å²) in [6.45, 7) is 50.5. The van der Waals surface area contributed by atoms with Crippen molar-refractivity contribution < 1.29 is 8.42 Å². The summed E-state index contributed by atoms with van der Waals surface area (Å²) in [5.41, 5.74) is 12.4. The predicted octanol–water partition coefficient (Wildman–Crippen LogP) is 32.9. The van der Waals surface area contributed by atoms with E-state index in [9.17, 15) is 8.42 Å². The molecular formula is C104H131N11O2S11. The summed E-state index contributed by atoms with van der Waals surface area (Å²) < 4.78 is 31.1. The summed E-state index contributed by atoms with van der Waals surface area (Å²) in [4.78, 5) is 17.8. The number of rotatable bonds is 32. The molecule has 0 spiro atoms. The molecule has 4 aromatic heterocycles. The van der Waals surface area contributed by atoms with Gasteiger partial charge >= 0.3 is 0 Å². The number of thioether (sulfide) groups is 7. The number of hydrogen-bond donors (Lipinski definition) is 1. The molecule has 128 heavy (non-hydrogen) atoms. The van der Waals surface area contributed by atoms with Crippen LogP contribution in [-0.2, 0) is 10.0 Å². The average Bonchev–Trinajstić information content (AvgIpc) is 1.40. The van der Waals surface area contributed by atoms with E-state index in [0.29, 0.717) is 33.9 Å². The Bertz CT molecular complexity index is 4760. The summed E-state index contributed by atoms with van der Waals surface area (Å²) in [5, 5.41) is 27.6. The molecule has 1 N–H and O–H groups in total. The minimum absolute atomic E-state index is 0.236. The summed E-state index contributed by atoms with van der Waals surface area (Å²) in [6, 6.07) is 87.0. The Morgan fingerprint density at radius 2 is 0.555 bits per heavy atom. The maximum atomic E-state index is 12.3. The van der Waals surface area contributed by atoms with Gasteiger partial charge in [-0.25, -0.2) is 13.4 Å². The maximum Gasteiger partial charge on any atom is 0.263 e. The van der Waals surface area contributed by atoms with Gasteiger partial charge in [-0.2, -0.15) is 15.0 Å². The van der Waals surface area contributed by atoms with Gasteiger partial charge in [-0.15, -0.1) is 30.6 Å². The number of sulfonamides is 1. The van der Waals surface area contributed by atoms with Crippen LogP contribution in [0.3, 0.4) is 0 Å². The van der Waals surface area contributed by atoms with Crippen LogP contribution in [0.25, 0.3) is 30.4 Å². The Labute approximate surface area is 810 Å². The van der Waals surface area contributed by atoms with Gasteiger partial charge in [-0.05, 0) is 157 Å². The number of aromatic nitrogens is 9. The second-order valence-electron chi connectivity index (χ2n) is 27.0. The molecule has 0 aliphatic heterocycles. The van der Waals surface area contributed by atoms with E-state index >= 15 is 0 Å². The predicted molar refractivity (Wildman–Crippen MR) is 576 cm³/mol. The molecule has 4 unspecified atom stereocenters. The molecule has 0 aliphatic rings. The van der Waals surface area contributed by atoms with Gasteiger partial charge in [-0.1, -0.05) is 532 Å². The Balaban J connectivity index is 0.000000371. The van der Waals surface area contributed by atoms with Crippen LogP contribution < -0.4 is 4.72 Å². The molecular weight excluding hydrogens is 1790 g/mol. The van der Waals surface area contributed by atoms with E-state index in [1.807, 2.05) is 207 Å². The van der Waals surface area contributed by atoms with Crippen LogP contribution in [-0.4, -0.2) is 100 Å². The molecule has 0 saturated heterocycles. The van der Waals surface area contributed by atoms with E-state index in [0.717, 1.165) is 97.1 Å². The average molecular weight is 1920 g/mol. The smallest absolute Gasteiger partial charge is 0.253 e. The second kappa shape index (κ2) is 72.0. The van der Waals surface area contributed by atoms with Crippen LogP contribution in [0.1, 0.15) is 209 Å². The monoisotopic (exact) mass is 1920 g/mol. The normalized spacial score (nSPS) is 11.1. The SMILES string of the molecule is C=Cc1ccccc1.C=Cc1ccccc1.C=Cc1ccccc1.C=Cc1ccccc1.C=Cc1ccccc1.CCC(C)c1ccccc1.CCC(C)c1ccccc1.CCSc1nc(SCC)nc(SCC)n1.CCSc1nnc(N=Cc2ccc(C(C)CC)cc2)s1.CCSc1nnc(NS(=O)(=O)c2ccc(C(C)CC)cc2)s1.CCSc1nnc(SCC)s1. The van der Waals surface area contributed by atoms with Crippen molar-refractivity contribution in [2.45, 2.75) is 191 Å². The van der Waals surface area contributed by atoms with Crippen molar-refractivity contribution in [3.05, 3.63) is 349 Å². The lowest BCUT2D eigenvalue weighted by atomic mass is 9.98. The highest BCUT2D eigenvalue weighted by molar-refractivity contribution is 8.03. The van der Waals surface area contributed by atoms with Crippen molar-refractivity contribution in [3.63, 3.8) is 0 Å². The van der Waals surface area contributed by atoms with Crippen molar-refractivity contribution in [3.8, 4) is 0 Å². The van der Waals surface area contributed by atoms with Gasteiger partial charge in [0.1, 0.15) is 0 Å². The van der Waals surface area contributed by atoms with Gasteiger partial charge in [0.25, 0.3) is 10.0 Å². The third kappa shape index (κ3) is 50.4. The van der Waals surface area contributed by atoms with E-state index in [2.05, 4.69) is 270 Å². The van der Waals surface area contributed by atoms with Crippen LogP contribution >= 0.6 is 116 Å². The molecule has 0 fully saturated rings. The fraction of sp³-hybridized carbons (Fsp3) is 0.288. The lowest BCUT2D eigenvalue weighted by Crippen LogP contribution is -2.12. The minimum atomic E-state index is -3.62. The van der Waals surface area contributed by atoms with Crippen molar-refractivity contribution in [1.29, 1.82) is 0 Å². The quantitative estimate of drug-likeness (QED) is 0.0311. The molecule has 0 aliphatic carbocycles. The Morgan fingerprint density at radius 3 is 0.828 bits per heavy atom. The van der Waals surface area contributed by atoms with Crippen molar-refractivity contribution in [2.24, 2.45) is 4.99 Å². The molecule has 0 saturated carbocycles. The van der Waals surface area contributed by atoms with Gasteiger partial charge in [-0.3, -0.25) is 4.72 Å². The van der Waals surface area contributed by atoms with Crippen LogP contribution in [0.15, 0.2) is 336 Å². The topological polar surface area (TPSA) is 175 Å². The first-order chi connectivity index (χ1) is 62.2. The molecule has 13 aromatic rings. The van der Waals surface area contributed by atoms with Crippen LogP contribution in [0.4, 0.5) is 10.3 Å². The van der Waals surface area contributed by atoms with Gasteiger partial charge < -0.3 is 0 Å². The number of benzene rings is 9. The molecule has 13 nitrogen and oxygen atoms in total.